The van der Waals surface area contributed by atoms with Gasteiger partial charge in [0, 0.05) is 20.3 Å². The number of esters is 1. The lowest BCUT2D eigenvalue weighted by Gasteiger charge is -2.21. The molecule has 0 aliphatic carbocycles. The molecule has 0 unspecified atom stereocenters. The Hall–Kier alpha value is -0.650. The molecule has 5 heteroatoms. The molecule has 0 atom stereocenters. The van der Waals surface area contributed by atoms with Gasteiger partial charge in [-0.25, -0.2) is 0 Å². The number of carbonyl (C=O) groups is 1. The average Bonchev–Trinajstić information content (AvgIpc) is 2.31. The molecular formula is C12H24O5. The molecule has 0 heterocycles. The first-order valence-corrected chi connectivity index (χ1v) is 5.77. The fraction of sp³-hybridized carbons (Fsp3) is 0.917. The van der Waals surface area contributed by atoms with Gasteiger partial charge >= 0.3 is 5.97 Å². The summed E-state index contributed by atoms with van der Waals surface area (Å²) in [5.74, 6) is -0.256. The summed E-state index contributed by atoms with van der Waals surface area (Å²) in [5.41, 5.74) is -0.592. The molecule has 0 aromatic rings. The van der Waals surface area contributed by atoms with Crippen LogP contribution in [-0.2, 0) is 23.7 Å². The van der Waals surface area contributed by atoms with Crippen LogP contribution < -0.4 is 0 Å². The Labute approximate surface area is 103 Å². The van der Waals surface area contributed by atoms with Crippen LogP contribution in [0.1, 0.15) is 20.3 Å². The van der Waals surface area contributed by atoms with Gasteiger partial charge in [-0.05, 0) is 20.3 Å². The SMILES string of the molecule is COCCOCCCOCC(C)(C)C(=O)OC. The lowest BCUT2D eigenvalue weighted by molar-refractivity contribution is -0.154. The number of rotatable bonds is 10. The van der Waals surface area contributed by atoms with E-state index in [1.54, 1.807) is 21.0 Å². The summed E-state index contributed by atoms with van der Waals surface area (Å²) < 4.78 is 20.2. The Bertz CT molecular complexity index is 203. The maximum atomic E-state index is 11.3. The van der Waals surface area contributed by atoms with Crippen LogP contribution in [0.25, 0.3) is 0 Å². The highest BCUT2D eigenvalue weighted by Gasteiger charge is 2.28. The molecule has 5 nitrogen and oxygen atoms in total. The number of ether oxygens (including phenoxy) is 4. The smallest absolute Gasteiger partial charge is 0.313 e. The third-order valence-corrected chi connectivity index (χ3v) is 2.21. The highest BCUT2D eigenvalue weighted by atomic mass is 16.5. The summed E-state index contributed by atoms with van der Waals surface area (Å²) >= 11 is 0. The molecule has 102 valence electrons. The van der Waals surface area contributed by atoms with Gasteiger partial charge in [-0.15, -0.1) is 0 Å². The number of carbonyl (C=O) groups excluding carboxylic acids is 1. The van der Waals surface area contributed by atoms with Crippen LogP contribution in [0, 0.1) is 5.41 Å². The van der Waals surface area contributed by atoms with Gasteiger partial charge in [0.1, 0.15) is 0 Å². The second-order valence-corrected chi connectivity index (χ2v) is 4.39. The van der Waals surface area contributed by atoms with Gasteiger partial charge in [0.05, 0.1) is 32.3 Å². The van der Waals surface area contributed by atoms with Gasteiger partial charge in [0.15, 0.2) is 0 Å². The van der Waals surface area contributed by atoms with Gasteiger partial charge in [-0.2, -0.15) is 0 Å². The highest BCUT2D eigenvalue weighted by molar-refractivity contribution is 5.75. The predicted octanol–water partition coefficient (Wildman–Crippen LogP) is 1.26. The van der Waals surface area contributed by atoms with E-state index < -0.39 is 5.41 Å². The molecule has 0 aromatic carbocycles. The molecule has 17 heavy (non-hydrogen) atoms. The van der Waals surface area contributed by atoms with E-state index in [4.69, 9.17) is 14.2 Å². The van der Waals surface area contributed by atoms with Crippen molar-refractivity contribution in [2.75, 3.05) is 47.3 Å². The van der Waals surface area contributed by atoms with Crippen molar-refractivity contribution in [2.24, 2.45) is 5.41 Å². The van der Waals surface area contributed by atoms with Gasteiger partial charge in [0.2, 0.25) is 0 Å². The first-order valence-electron chi connectivity index (χ1n) is 5.77. The average molecular weight is 248 g/mol. The van der Waals surface area contributed by atoms with Crippen molar-refractivity contribution >= 4 is 5.97 Å². The quantitative estimate of drug-likeness (QED) is 0.430. The Morgan fingerprint density at radius 2 is 1.65 bits per heavy atom. The molecular weight excluding hydrogens is 224 g/mol. The first kappa shape index (κ1) is 16.4. The Morgan fingerprint density at radius 1 is 1.00 bits per heavy atom. The topological polar surface area (TPSA) is 54.0 Å². The monoisotopic (exact) mass is 248 g/mol. The van der Waals surface area contributed by atoms with E-state index in [-0.39, 0.29) is 5.97 Å². The standard InChI is InChI=1S/C12H24O5/c1-12(2,11(13)15-4)10-17-7-5-6-16-9-8-14-3/h5-10H2,1-4H3. The molecule has 0 fully saturated rings. The molecule has 0 saturated carbocycles. The number of hydrogen-bond acceptors (Lipinski definition) is 5. The van der Waals surface area contributed by atoms with E-state index in [0.717, 1.165) is 6.42 Å². The van der Waals surface area contributed by atoms with Crippen molar-refractivity contribution in [2.45, 2.75) is 20.3 Å². The number of hydrogen-bond donors (Lipinski definition) is 0. The van der Waals surface area contributed by atoms with E-state index >= 15 is 0 Å². The molecule has 0 N–H and O–H groups in total. The van der Waals surface area contributed by atoms with Crippen molar-refractivity contribution in [1.82, 2.24) is 0 Å². The van der Waals surface area contributed by atoms with Crippen molar-refractivity contribution in [3.8, 4) is 0 Å². The summed E-state index contributed by atoms with van der Waals surface area (Å²) in [6, 6.07) is 0. The molecule has 0 radical (unpaired) electrons. The van der Waals surface area contributed by atoms with E-state index in [9.17, 15) is 4.79 Å². The van der Waals surface area contributed by atoms with Gasteiger partial charge in [-0.3, -0.25) is 4.79 Å². The maximum Gasteiger partial charge on any atom is 0.313 e. The van der Waals surface area contributed by atoms with Crippen molar-refractivity contribution in [3.05, 3.63) is 0 Å². The first-order chi connectivity index (χ1) is 8.04. The fourth-order valence-electron chi connectivity index (χ4n) is 1.17. The van der Waals surface area contributed by atoms with Crippen molar-refractivity contribution < 1.29 is 23.7 Å². The lowest BCUT2D eigenvalue weighted by atomic mass is 9.95. The van der Waals surface area contributed by atoms with Crippen molar-refractivity contribution in [3.63, 3.8) is 0 Å². The zero-order valence-electron chi connectivity index (χ0n) is 11.3. The fourth-order valence-corrected chi connectivity index (χ4v) is 1.17. The largest absolute Gasteiger partial charge is 0.469 e. The van der Waals surface area contributed by atoms with E-state index in [1.165, 1.54) is 7.11 Å². The maximum absolute atomic E-state index is 11.3. The molecule has 0 saturated heterocycles. The number of methoxy groups -OCH3 is 2. The summed E-state index contributed by atoms with van der Waals surface area (Å²) in [6.07, 6.45) is 0.807. The molecule has 0 spiro atoms. The third kappa shape index (κ3) is 8.12. The molecule has 0 amide bonds. The molecule has 0 aliphatic heterocycles. The molecule has 0 rings (SSSR count). The predicted molar refractivity (Wildman–Crippen MR) is 63.9 cm³/mol. The Kier molecular flexibility index (Phi) is 9.03. The zero-order chi connectivity index (χ0) is 13.1. The highest BCUT2D eigenvalue weighted by Crippen LogP contribution is 2.17. The van der Waals surface area contributed by atoms with Crippen LogP contribution in [0.2, 0.25) is 0 Å². The third-order valence-electron chi connectivity index (χ3n) is 2.21. The normalized spacial score (nSPS) is 11.5. The Balaban J connectivity index is 3.42. The van der Waals surface area contributed by atoms with Crippen LogP contribution in [0.4, 0.5) is 0 Å². The summed E-state index contributed by atoms with van der Waals surface area (Å²) in [7, 11) is 3.02. The van der Waals surface area contributed by atoms with E-state index in [1.807, 2.05) is 0 Å². The Morgan fingerprint density at radius 3 is 2.24 bits per heavy atom. The van der Waals surface area contributed by atoms with Gasteiger partial charge in [-0.1, -0.05) is 0 Å². The minimum absolute atomic E-state index is 0.256. The van der Waals surface area contributed by atoms with Crippen LogP contribution in [0.3, 0.4) is 0 Å². The summed E-state index contributed by atoms with van der Waals surface area (Å²) in [5, 5.41) is 0. The van der Waals surface area contributed by atoms with Crippen LogP contribution >= 0.6 is 0 Å². The molecule has 0 aliphatic rings. The van der Waals surface area contributed by atoms with E-state index in [2.05, 4.69) is 4.74 Å². The van der Waals surface area contributed by atoms with Gasteiger partial charge < -0.3 is 18.9 Å². The van der Waals surface area contributed by atoms with Crippen LogP contribution in [0.5, 0.6) is 0 Å². The second-order valence-electron chi connectivity index (χ2n) is 4.39. The minimum atomic E-state index is -0.592. The molecule has 0 aromatic heterocycles. The molecule has 0 bridgehead atoms. The van der Waals surface area contributed by atoms with Crippen LogP contribution in [-0.4, -0.2) is 53.2 Å². The summed E-state index contributed by atoms with van der Waals surface area (Å²) in [4.78, 5) is 11.3. The van der Waals surface area contributed by atoms with Crippen LogP contribution in [0.15, 0.2) is 0 Å². The van der Waals surface area contributed by atoms with Crippen molar-refractivity contribution in [1.29, 1.82) is 0 Å². The van der Waals surface area contributed by atoms with E-state index in [0.29, 0.717) is 33.0 Å². The zero-order valence-corrected chi connectivity index (χ0v) is 11.3. The lowest BCUT2D eigenvalue weighted by Crippen LogP contribution is -2.31. The summed E-state index contributed by atoms with van der Waals surface area (Å²) in [6.45, 7) is 6.38. The van der Waals surface area contributed by atoms with Gasteiger partial charge in [0.25, 0.3) is 0 Å². The minimum Gasteiger partial charge on any atom is -0.469 e. The second kappa shape index (κ2) is 9.39.